The van der Waals surface area contributed by atoms with Gasteiger partial charge in [-0.05, 0) is 85.8 Å². The molecule has 0 aliphatic rings. The molecule has 2 rings (SSSR count). The SMILES string of the molecule is C=C(S/C=C(\C)C(=O)Nc1ccc(C)cc1-c1ccccc1)C(CCC)CCCC(=S)NCCC(C)C. The van der Waals surface area contributed by atoms with Gasteiger partial charge in [0.25, 0.3) is 5.91 Å². The molecular formula is C32H44N2OS2. The second-order valence-corrected chi connectivity index (χ2v) is 11.7. The van der Waals surface area contributed by atoms with Crippen LogP contribution >= 0.6 is 24.0 Å². The van der Waals surface area contributed by atoms with E-state index in [0.29, 0.717) is 17.4 Å². The van der Waals surface area contributed by atoms with Gasteiger partial charge in [0.1, 0.15) is 0 Å². The molecule has 1 unspecified atom stereocenters. The van der Waals surface area contributed by atoms with Gasteiger partial charge in [-0.3, -0.25) is 4.79 Å². The van der Waals surface area contributed by atoms with Gasteiger partial charge in [-0.15, -0.1) is 11.8 Å². The van der Waals surface area contributed by atoms with E-state index in [1.807, 2.05) is 42.7 Å². The van der Waals surface area contributed by atoms with Crippen molar-refractivity contribution < 1.29 is 4.79 Å². The Bertz CT molecular complexity index is 1060. The summed E-state index contributed by atoms with van der Waals surface area (Å²) >= 11 is 7.10. The molecule has 200 valence electrons. The standard InChI is InChI=1S/C32H44N2OS2/c1-7-12-27(15-11-16-31(36)33-20-19-23(2)3)26(6)37-22-25(5)32(35)34-30-18-17-24(4)21-29(30)28-13-9-8-10-14-28/h8-10,13-14,17-18,21-23,27H,6-7,11-12,15-16,19-20H2,1-5H3,(H,33,36)(H,34,35)/b25-22+. The lowest BCUT2D eigenvalue weighted by molar-refractivity contribution is -0.112. The first-order chi connectivity index (χ1) is 17.7. The summed E-state index contributed by atoms with van der Waals surface area (Å²) in [5.41, 5.74) is 4.77. The third kappa shape index (κ3) is 11.3. The van der Waals surface area contributed by atoms with Crippen LogP contribution in [-0.4, -0.2) is 17.4 Å². The molecule has 3 nitrogen and oxygen atoms in total. The molecule has 1 amide bonds. The summed E-state index contributed by atoms with van der Waals surface area (Å²) < 4.78 is 0. The molecule has 37 heavy (non-hydrogen) atoms. The lowest BCUT2D eigenvalue weighted by Gasteiger charge is -2.18. The van der Waals surface area contributed by atoms with Crippen molar-refractivity contribution in [3.63, 3.8) is 0 Å². The summed E-state index contributed by atoms with van der Waals surface area (Å²) in [6, 6.07) is 16.3. The first kappa shape index (κ1) is 30.9. The Hall–Kier alpha value is -2.37. The molecule has 5 heteroatoms. The van der Waals surface area contributed by atoms with Crippen LogP contribution in [0.5, 0.6) is 0 Å². The quantitative estimate of drug-likeness (QED) is 0.176. The van der Waals surface area contributed by atoms with Crippen molar-refractivity contribution in [2.24, 2.45) is 11.8 Å². The lowest BCUT2D eigenvalue weighted by Crippen LogP contribution is -2.23. The van der Waals surface area contributed by atoms with Gasteiger partial charge in [-0.2, -0.15) is 0 Å². The van der Waals surface area contributed by atoms with Gasteiger partial charge in [0.15, 0.2) is 0 Å². The molecule has 1 atom stereocenters. The van der Waals surface area contributed by atoms with E-state index in [1.165, 1.54) is 0 Å². The summed E-state index contributed by atoms with van der Waals surface area (Å²) in [6.07, 6.45) is 6.39. The molecule has 0 fully saturated rings. The average molecular weight is 537 g/mol. The molecule has 2 aromatic carbocycles. The first-order valence-electron chi connectivity index (χ1n) is 13.5. The average Bonchev–Trinajstić information content (AvgIpc) is 2.87. The van der Waals surface area contributed by atoms with E-state index >= 15 is 0 Å². The van der Waals surface area contributed by atoms with Gasteiger partial charge < -0.3 is 10.6 Å². The molecule has 0 aliphatic carbocycles. The lowest BCUT2D eigenvalue weighted by atomic mass is 9.97. The number of anilines is 1. The fraction of sp³-hybridized carbons (Fsp3) is 0.438. The number of benzene rings is 2. The van der Waals surface area contributed by atoms with Crippen molar-refractivity contribution in [3.8, 4) is 11.1 Å². The van der Waals surface area contributed by atoms with Crippen molar-refractivity contribution in [1.82, 2.24) is 5.32 Å². The van der Waals surface area contributed by atoms with E-state index in [1.54, 1.807) is 11.8 Å². The Morgan fingerprint density at radius 1 is 1.11 bits per heavy atom. The second-order valence-electron chi connectivity index (χ2n) is 10.2. The van der Waals surface area contributed by atoms with Gasteiger partial charge in [-0.25, -0.2) is 0 Å². The Kier molecular flexibility index (Phi) is 13.7. The molecule has 2 N–H and O–H groups in total. The number of hydrogen-bond acceptors (Lipinski definition) is 3. The van der Waals surface area contributed by atoms with Crippen molar-refractivity contribution in [2.45, 2.75) is 73.1 Å². The maximum atomic E-state index is 13.0. The van der Waals surface area contributed by atoms with E-state index < -0.39 is 0 Å². The molecule has 0 aromatic heterocycles. The van der Waals surface area contributed by atoms with E-state index in [9.17, 15) is 4.79 Å². The van der Waals surface area contributed by atoms with Gasteiger partial charge in [0.2, 0.25) is 0 Å². The molecule has 0 saturated carbocycles. The highest BCUT2D eigenvalue weighted by atomic mass is 32.2. The highest BCUT2D eigenvalue weighted by molar-refractivity contribution is 8.05. The van der Waals surface area contributed by atoms with Gasteiger partial charge in [-0.1, -0.05) is 88.0 Å². The summed E-state index contributed by atoms with van der Waals surface area (Å²) in [5.74, 6) is 1.01. The highest BCUT2D eigenvalue weighted by Gasteiger charge is 2.14. The molecule has 2 aromatic rings. The Morgan fingerprint density at radius 2 is 1.84 bits per heavy atom. The molecule has 0 spiro atoms. The van der Waals surface area contributed by atoms with Gasteiger partial charge in [0.05, 0.1) is 4.99 Å². The number of carbonyl (C=O) groups excluding carboxylic acids is 1. The third-order valence-corrected chi connectivity index (χ3v) is 7.80. The van der Waals surface area contributed by atoms with Crippen LogP contribution < -0.4 is 10.6 Å². The van der Waals surface area contributed by atoms with E-state index in [0.717, 1.165) is 77.3 Å². The molecule has 0 aliphatic heterocycles. The minimum absolute atomic E-state index is 0.0915. The topological polar surface area (TPSA) is 41.1 Å². The normalized spacial score (nSPS) is 12.3. The Labute approximate surface area is 234 Å². The molecule has 0 radical (unpaired) electrons. The van der Waals surface area contributed by atoms with Crippen molar-refractivity contribution >= 4 is 40.6 Å². The molecule has 0 saturated heterocycles. The number of hydrogen-bond donors (Lipinski definition) is 2. The molecule has 0 bridgehead atoms. The van der Waals surface area contributed by atoms with Crippen molar-refractivity contribution in [3.05, 3.63) is 76.6 Å². The van der Waals surface area contributed by atoms with Crippen LogP contribution in [-0.2, 0) is 4.79 Å². The summed E-state index contributed by atoms with van der Waals surface area (Å²) in [6.45, 7) is 15.9. The zero-order chi connectivity index (χ0) is 27.2. The summed E-state index contributed by atoms with van der Waals surface area (Å²) in [7, 11) is 0. The number of thioether (sulfide) groups is 1. The first-order valence-corrected chi connectivity index (χ1v) is 14.8. The minimum atomic E-state index is -0.0915. The summed E-state index contributed by atoms with van der Waals surface area (Å²) in [5, 5.41) is 8.44. The van der Waals surface area contributed by atoms with E-state index in [2.05, 4.69) is 63.1 Å². The Balaban J connectivity index is 1.93. The monoisotopic (exact) mass is 536 g/mol. The largest absolute Gasteiger partial charge is 0.380 e. The van der Waals surface area contributed by atoms with Crippen LogP contribution in [0.15, 0.2) is 71.0 Å². The number of thiocarbonyl (C=S) groups is 1. The predicted octanol–water partition coefficient (Wildman–Crippen LogP) is 9.30. The highest BCUT2D eigenvalue weighted by Crippen LogP contribution is 2.33. The fourth-order valence-corrected chi connectivity index (χ4v) is 5.18. The van der Waals surface area contributed by atoms with Crippen LogP contribution in [0.1, 0.15) is 71.8 Å². The zero-order valence-corrected chi connectivity index (χ0v) is 24.9. The third-order valence-electron chi connectivity index (χ3n) is 6.35. The second kappa shape index (κ2) is 16.5. The minimum Gasteiger partial charge on any atom is -0.380 e. The summed E-state index contributed by atoms with van der Waals surface area (Å²) in [4.78, 5) is 15.1. The number of amides is 1. The van der Waals surface area contributed by atoms with Gasteiger partial charge >= 0.3 is 0 Å². The van der Waals surface area contributed by atoms with Crippen LogP contribution in [0.4, 0.5) is 5.69 Å². The van der Waals surface area contributed by atoms with E-state index in [-0.39, 0.29) is 5.91 Å². The van der Waals surface area contributed by atoms with Crippen molar-refractivity contribution in [1.29, 1.82) is 0 Å². The number of aryl methyl sites for hydroxylation is 1. The van der Waals surface area contributed by atoms with Crippen molar-refractivity contribution in [2.75, 3.05) is 11.9 Å². The number of nitrogens with one attached hydrogen (secondary N) is 2. The molecule has 0 heterocycles. The zero-order valence-electron chi connectivity index (χ0n) is 23.2. The van der Waals surface area contributed by atoms with Gasteiger partial charge in [0, 0.05) is 23.4 Å². The van der Waals surface area contributed by atoms with Crippen LogP contribution in [0.25, 0.3) is 11.1 Å². The number of allylic oxidation sites excluding steroid dienone is 1. The number of carbonyl (C=O) groups is 1. The predicted molar refractivity (Wildman–Crippen MR) is 168 cm³/mol. The Morgan fingerprint density at radius 3 is 2.51 bits per heavy atom. The molecular weight excluding hydrogens is 492 g/mol. The van der Waals surface area contributed by atoms with Crippen LogP contribution in [0, 0.1) is 18.8 Å². The van der Waals surface area contributed by atoms with Crippen LogP contribution in [0.3, 0.4) is 0 Å². The van der Waals surface area contributed by atoms with E-state index in [4.69, 9.17) is 12.2 Å². The fourth-order valence-electron chi connectivity index (χ4n) is 4.07. The van der Waals surface area contributed by atoms with Crippen LogP contribution in [0.2, 0.25) is 0 Å². The maximum Gasteiger partial charge on any atom is 0.251 e. The maximum absolute atomic E-state index is 13.0. The number of rotatable bonds is 15. The smallest absolute Gasteiger partial charge is 0.251 e.